The summed E-state index contributed by atoms with van der Waals surface area (Å²) in [4.78, 5) is 45.6. The van der Waals surface area contributed by atoms with Gasteiger partial charge in [-0.15, -0.1) is 0 Å². The zero-order valence-corrected chi connectivity index (χ0v) is 16.2. The van der Waals surface area contributed by atoms with Crippen LogP contribution in [0.5, 0.6) is 0 Å². The van der Waals surface area contributed by atoms with Gasteiger partial charge in [-0.1, -0.05) is 29.5 Å². The van der Waals surface area contributed by atoms with Gasteiger partial charge in [-0.2, -0.15) is 0 Å². The van der Waals surface area contributed by atoms with Gasteiger partial charge < -0.3 is 14.5 Å². The lowest BCUT2D eigenvalue weighted by atomic mass is 10.1. The number of hydrogen-bond donors (Lipinski definition) is 1. The Bertz CT molecular complexity index is 914. The first kappa shape index (κ1) is 18.4. The summed E-state index contributed by atoms with van der Waals surface area (Å²) < 4.78 is 4.59. The van der Waals surface area contributed by atoms with Gasteiger partial charge in [0.25, 0.3) is 0 Å². The quantitative estimate of drug-likeness (QED) is 0.853. The van der Waals surface area contributed by atoms with Crippen molar-refractivity contribution in [2.75, 3.05) is 30.4 Å². The van der Waals surface area contributed by atoms with E-state index in [-0.39, 0.29) is 24.2 Å². The van der Waals surface area contributed by atoms with Gasteiger partial charge >= 0.3 is 6.09 Å². The molecule has 1 saturated heterocycles. The smallest absolute Gasteiger partial charge is 0.413 e. The van der Waals surface area contributed by atoms with E-state index in [9.17, 15) is 14.4 Å². The van der Waals surface area contributed by atoms with Crippen LogP contribution in [-0.4, -0.2) is 48.0 Å². The number of anilines is 2. The number of methoxy groups -OCH3 is 1. The van der Waals surface area contributed by atoms with E-state index >= 15 is 0 Å². The van der Waals surface area contributed by atoms with Crippen LogP contribution in [0.3, 0.4) is 0 Å². The van der Waals surface area contributed by atoms with Crippen LogP contribution in [0, 0.1) is 5.92 Å². The number of nitrogens with zero attached hydrogens (tertiary/aromatic N) is 3. The number of para-hydroxylation sites is 1. The van der Waals surface area contributed by atoms with Crippen molar-refractivity contribution in [2.45, 2.75) is 19.4 Å². The van der Waals surface area contributed by atoms with Crippen molar-refractivity contribution in [2.24, 2.45) is 5.92 Å². The fraction of sp³-hybridized carbons (Fsp3) is 0.368. The van der Waals surface area contributed by atoms with Crippen LogP contribution in [0.25, 0.3) is 0 Å². The van der Waals surface area contributed by atoms with E-state index in [1.54, 1.807) is 9.80 Å². The van der Waals surface area contributed by atoms with Gasteiger partial charge in [0.2, 0.25) is 11.8 Å². The zero-order chi connectivity index (χ0) is 19.7. The zero-order valence-electron chi connectivity index (χ0n) is 15.4. The fourth-order valence-corrected chi connectivity index (χ4v) is 4.57. The molecule has 0 spiro atoms. The molecule has 1 aromatic carbocycles. The Morgan fingerprint density at radius 2 is 2.07 bits per heavy atom. The molecule has 2 aromatic rings. The highest BCUT2D eigenvalue weighted by atomic mass is 32.1. The minimum absolute atomic E-state index is 0.00620. The third-order valence-electron chi connectivity index (χ3n) is 4.98. The number of nitrogens with one attached hydrogen (secondary N) is 1. The number of aromatic nitrogens is 1. The third kappa shape index (κ3) is 3.57. The number of ether oxygens (including phenoxy) is 1. The molecule has 3 heterocycles. The molecule has 1 aromatic heterocycles. The van der Waals surface area contributed by atoms with Crippen molar-refractivity contribution in [3.05, 3.63) is 40.9 Å². The maximum atomic E-state index is 13.0. The molecule has 0 radical (unpaired) electrons. The molecular formula is C19H20N4O4S. The molecule has 0 aliphatic carbocycles. The van der Waals surface area contributed by atoms with Crippen LogP contribution in [0.4, 0.5) is 15.6 Å². The molecule has 1 fully saturated rings. The second-order valence-corrected chi connectivity index (χ2v) is 7.84. The normalized spacial score (nSPS) is 18.8. The lowest BCUT2D eigenvalue weighted by Gasteiger charge is -2.28. The first-order valence-corrected chi connectivity index (χ1v) is 9.84. The topological polar surface area (TPSA) is 91.8 Å². The lowest BCUT2D eigenvalue weighted by Crippen LogP contribution is -2.40. The summed E-state index contributed by atoms with van der Waals surface area (Å²) >= 11 is 1.35. The number of rotatable bonds is 3. The second-order valence-electron chi connectivity index (χ2n) is 6.76. The van der Waals surface area contributed by atoms with Gasteiger partial charge in [0.1, 0.15) is 0 Å². The molecule has 2 aliphatic rings. The summed E-state index contributed by atoms with van der Waals surface area (Å²) in [5.74, 6) is -0.368. The molecule has 0 bridgehead atoms. The highest BCUT2D eigenvalue weighted by Gasteiger charge is 2.38. The van der Waals surface area contributed by atoms with E-state index in [0.29, 0.717) is 31.2 Å². The number of hydrogen-bond acceptors (Lipinski definition) is 6. The standard InChI is InChI=1S/C19H20N4O4S/c1-27-19(26)21-18-20-14-7-8-22(11-15(14)28-18)17(25)12-9-16(24)23(10-12)13-5-3-2-4-6-13/h2-6,12H,7-11H2,1H3,(H,20,21,26). The predicted molar refractivity (Wildman–Crippen MR) is 104 cm³/mol. The van der Waals surface area contributed by atoms with Crippen molar-refractivity contribution in [1.82, 2.24) is 9.88 Å². The third-order valence-corrected chi connectivity index (χ3v) is 5.98. The fourth-order valence-electron chi connectivity index (χ4n) is 3.56. The summed E-state index contributed by atoms with van der Waals surface area (Å²) in [7, 11) is 1.30. The predicted octanol–water partition coefficient (Wildman–Crippen LogP) is 2.26. The van der Waals surface area contributed by atoms with Crippen LogP contribution in [0.15, 0.2) is 30.3 Å². The van der Waals surface area contributed by atoms with Gasteiger partial charge in [0.15, 0.2) is 5.13 Å². The summed E-state index contributed by atoms with van der Waals surface area (Å²) in [6.07, 6.45) is 0.294. The van der Waals surface area contributed by atoms with E-state index < -0.39 is 6.09 Å². The number of benzene rings is 1. The van der Waals surface area contributed by atoms with Gasteiger partial charge in [-0.05, 0) is 12.1 Å². The van der Waals surface area contributed by atoms with Crippen molar-refractivity contribution in [3.63, 3.8) is 0 Å². The average Bonchev–Trinajstić information content (AvgIpc) is 3.30. The molecule has 4 rings (SSSR count). The second kappa shape index (κ2) is 7.59. The van der Waals surface area contributed by atoms with Crippen molar-refractivity contribution in [1.29, 1.82) is 0 Å². The van der Waals surface area contributed by atoms with Crippen LogP contribution in [0.2, 0.25) is 0 Å². The molecule has 28 heavy (non-hydrogen) atoms. The first-order chi connectivity index (χ1) is 13.5. The molecule has 8 nitrogen and oxygen atoms in total. The highest BCUT2D eigenvalue weighted by Crippen LogP contribution is 2.31. The Morgan fingerprint density at radius 3 is 2.82 bits per heavy atom. The van der Waals surface area contributed by atoms with Gasteiger partial charge in [0.05, 0.1) is 25.3 Å². The van der Waals surface area contributed by atoms with E-state index in [1.807, 2.05) is 30.3 Å². The Balaban J connectivity index is 1.42. The Labute approximate surface area is 166 Å². The van der Waals surface area contributed by atoms with E-state index in [1.165, 1.54) is 18.4 Å². The summed E-state index contributed by atoms with van der Waals surface area (Å²) in [6.45, 7) is 1.41. The summed E-state index contributed by atoms with van der Waals surface area (Å²) in [6, 6.07) is 9.42. The van der Waals surface area contributed by atoms with Crippen LogP contribution in [-0.2, 0) is 27.3 Å². The SMILES string of the molecule is COC(=O)Nc1nc2c(s1)CN(C(=O)C1CC(=O)N(c3ccccc3)C1)CC2. The van der Waals surface area contributed by atoms with E-state index in [0.717, 1.165) is 16.3 Å². The van der Waals surface area contributed by atoms with Crippen molar-refractivity contribution in [3.8, 4) is 0 Å². The number of amides is 3. The van der Waals surface area contributed by atoms with Crippen molar-refractivity contribution < 1.29 is 19.1 Å². The number of carbonyl (C=O) groups excluding carboxylic acids is 3. The van der Waals surface area contributed by atoms with Crippen LogP contribution in [0.1, 0.15) is 17.0 Å². The molecule has 9 heteroatoms. The molecule has 2 aliphatic heterocycles. The molecular weight excluding hydrogens is 380 g/mol. The first-order valence-electron chi connectivity index (χ1n) is 9.03. The van der Waals surface area contributed by atoms with Gasteiger partial charge in [-0.25, -0.2) is 9.78 Å². The highest BCUT2D eigenvalue weighted by molar-refractivity contribution is 7.15. The summed E-state index contributed by atoms with van der Waals surface area (Å²) in [5.41, 5.74) is 1.72. The molecule has 1 unspecified atom stereocenters. The van der Waals surface area contributed by atoms with E-state index in [4.69, 9.17) is 0 Å². The van der Waals surface area contributed by atoms with Crippen molar-refractivity contribution >= 4 is 40.1 Å². The molecule has 3 amide bonds. The lowest BCUT2D eigenvalue weighted by molar-refractivity contribution is -0.136. The number of thiazole rings is 1. The molecule has 0 saturated carbocycles. The number of carbonyl (C=O) groups is 3. The largest absolute Gasteiger partial charge is 0.453 e. The minimum atomic E-state index is -0.565. The molecule has 146 valence electrons. The average molecular weight is 400 g/mol. The maximum absolute atomic E-state index is 13.0. The van der Waals surface area contributed by atoms with E-state index in [2.05, 4.69) is 15.0 Å². The van der Waals surface area contributed by atoms with Crippen LogP contribution < -0.4 is 10.2 Å². The van der Waals surface area contributed by atoms with Gasteiger partial charge in [0, 0.05) is 36.5 Å². The maximum Gasteiger partial charge on any atom is 0.413 e. The van der Waals surface area contributed by atoms with Crippen LogP contribution >= 0.6 is 11.3 Å². The Hall–Kier alpha value is -2.94. The monoisotopic (exact) mass is 400 g/mol. The number of fused-ring (bicyclic) bond motifs is 1. The Kier molecular flexibility index (Phi) is 4.99. The van der Waals surface area contributed by atoms with Gasteiger partial charge in [-0.3, -0.25) is 14.9 Å². The summed E-state index contributed by atoms with van der Waals surface area (Å²) in [5, 5.41) is 3.04. The minimum Gasteiger partial charge on any atom is -0.453 e. The Morgan fingerprint density at radius 1 is 1.29 bits per heavy atom. The molecule has 1 N–H and O–H groups in total. The molecule has 1 atom stereocenters.